The third-order valence-corrected chi connectivity index (χ3v) is 17.1. The van der Waals surface area contributed by atoms with Gasteiger partial charge < -0.3 is 19.4 Å². The van der Waals surface area contributed by atoms with Crippen LogP contribution in [0.15, 0.2) is 24.3 Å². The minimum atomic E-state index is -4.45. The first-order valence-corrected chi connectivity index (χ1v) is 36.7. The normalized spacial score (nSPS) is 13.6. The molecule has 0 spiro atoms. The fourth-order valence-corrected chi connectivity index (χ4v) is 11.4. The second kappa shape index (κ2) is 60.6. The molecular formula is C70H138N2O7P+. The van der Waals surface area contributed by atoms with Crippen molar-refractivity contribution < 1.29 is 37.3 Å². The summed E-state index contributed by atoms with van der Waals surface area (Å²) < 4.78 is 30.8. The fraction of sp³-hybridized carbons (Fsp3) is 0.914. The van der Waals surface area contributed by atoms with Crippen LogP contribution in [0.2, 0.25) is 0 Å². The molecule has 0 aromatic carbocycles. The van der Waals surface area contributed by atoms with Crippen LogP contribution in [0.5, 0.6) is 0 Å². The van der Waals surface area contributed by atoms with E-state index in [1.165, 1.54) is 270 Å². The van der Waals surface area contributed by atoms with Gasteiger partial charge >= 0.3 is 13.8 Å². The highest BCUT2D eigenvalue weighted by Gasteiger charge is 2.30. The monoisotopic (exact) mass is 1150 g/mol. The van der Waals surface area contributed by atoms with Crippen molar-refractivity contribution in [2.24, 2.45) is 0 Å². The molecule has 0 aromatic heterocycles. The largest absolute Gasteiger partial charge is 0.472 e. The number of amides is 1. The van der Waals surface area contributed by atoms with E-state index in [2.05, 4.69) is 38.2 Å². The molecule has 0 saturated heterocycles. The van der Waals surface area contributed by atoms with Gasteiger partial charge in [-0.05, 0) is 57.4 Å². The molecule has 0 aromatic rings. The van der Waals surface area contributed by atoms with Crippen LogP contribution < -0.4 is 5.32 Å². The molecule has 0 aliphatic heterocycles. The third kappa shape index (κ3) is 61.1. The Morgan fingerprint density at radius 1 is 0.425 bits per heavy atom. The van der Waals surface area contributed by atoms with Gasteiger partial charge in [-0.15, -0.1) is 0 Å². The number of carbonyl (C=O) groups excluding carboxylic acids is 2. The molecule has 0 rings (SSSR count). The molecule has 3 atom stereocenters. The highest BCUT2D eigenvalue weighted by Crippen LogP contribution is 2.43. The van der Waals surface area contributed by atoms with Gasteiger partial charge in [-0.2, -0.15) is 0 Å². The SMILES string of the molecule is CCCCCCCC/C=C/CCCCCCCCCCCC(=O)NC(COP(=O)(O)OCC[N+](C)(C)C)C(/C=C/CCCCCCCCCCCC)OC(=O)CCCCCCCCCCCCCCCCCCCCCCCCC. The number of phosphoric ester groups is 1. The molecule has 3 unspecified atom stereocenters. The molecule has 80 heavy (non-hydrogen) atoms. The van der Waals surface area contributed by atoms with Crippen molar-refractivity contribution in [2.45, 2.75) is 373 Å². The van der Waals surface area contributed by atoms with Crippen LogP contribution in [0.4, 0.5) is 0 Å². The van der Waals surface area contributed by atoms with Gasteiger partial charge in [0.15, 0.2) is 0 Å². The number of quaternary nitrogens is 1. The lowest BCUT2D eigenvalue weighted by atomic mass is 10.0. The number of allylic oxidation sites excluding steroid dienone is 3. The number of ether oxygens (including phenoxy) is 1. The number of nitrogens with one attached hydrogen (secondary N) is 1. The topological polar surface area (TPSA) is 111 Å². The molecule has 10 heteroatoms. The van der Waals surface area contributed by atoms with E-state index < -0.39 is 20.0 Å². The van der Waals surface area contributed by atoms with Crippen molar-refractivity contribution in [2.75, 3.05) is 40.9 Å². The van der Waals surface area contributed by atoms with Crippen molar-refractivity contribution in [3.05, 3.63) is 24.3 Å². The summed E-state index contributed by atoms with van der Waals surface area (Å²) in [5.41, 5.74) is 0. The molecule has 0 heterocycles. The third-order valence-electron chi connectivity index (χ3n) is 16.1. The van der Waals surface area contributed by atoms with E-state index in [9.17, 15) is 19.0 Å². The number of esters is 1. The summed E-state index contributed by atoms with van der Waals surface area (Å²) in [4.78, 5) is 37.9. The number of hydrogen-bond acceptors (Lipinski definition) is 6. The van der Waals surface area contributed by atoms with Gasteiger partial charge in [0.1, 0.15) is 19.3 Å². The molecule has 1 amide bonds. The summed E-state index contributed by atoms with van der Waals surface area (Å²) in [7, 11) is 1.51. The van der Waals surface area contributed by atoms with Crippen molar-refractivity contribution in [3.63, 3.8) is 0 Å². The zero-order valence-electron chi connectivity index (χ0n) is 54.4. The zero-order valence-corrected chi connectivity index (χ0v) is 55.2. The van der Waals surface area contributed by atoms with Crippen LogP contribution in [-0.2, 0) is 27.9 Å². The second-order valence-corrected chi connectivity index (χ2v) is 26.9. The highest BCUT2D eigenvalue weighted by atomic mass is 31.2. The van der Waals surface area contributed by atoms with Crippen LogP contribution in [-0.4, -0.2) is 74.3 Å². The molecule has 2 N–H and O–H groups in total. The number of likely N-dealkylation sites (N-methyl/N-ethyl adjacent to an activating group) is 1. The van der Waals surface area contributed by atoms with Crippen LogP contribution in [0.1, 0.15) is 361 Å². The Labute approximate surface area is 498 Å². The molecule has 9 nitrogen and oxygen atoms in total. The number of unbranched alkanes of at least 4 members (excludes halogenated alkanes) is 47. The molecular weight excluding hydrogens is 1010 g/mol. The Kier molecular flexibility index (Phi) is 59.5. The summed E-state index contributed by atoms with van der Waals surface area (Å²) in [5.74, 6) is -0.486. The van der Waals surface area contributed by atoms with Gasteiger partial charge in [-0.1, -0.05) is 315 Å². The summed E-state index contributed by atoms with van der Waals surface area (Å²) in [6, 6.07) is -0.844. The highest BCUT2D eigenvalue weighted by molar-refractivity contribution is 7.47. The second-order valence-electron chi connectivity index (χ2n) is 25.4. The molecule has 0 fully saturated rings. The Morgan fingerprint density at radius 2 is 0.725 bits per heavy atom. The average molecular weight is 1150 g/mol. The first-order valence-electron chi connectivity index (χ1n) is 35.2. The van der Waals surface area contributed by atoms with E-state index in [1.807, 2.05) is 33.3 Å². The van der Waals surface area contributed by atoms with Gasteiger partial charge in [-0.3, -0.25) is 18.6 Å². The van der Waals surface area contributed by atoms with E-state index >= 15 is 0 Å². The maximum absolute atomic E-state index is 13.6. The molecule has 0 radical (unpaired) electrons. The number of nitrogens with zero attached hydrogens (tertiary/aromatic N) is 1. The van der Waals surface area contributed by atoms with Gasteiger partial charge in [-0.25, -0.2) is 4.57 Å². The molecule has 0 bridgehead atoms. The van der Waals surface area contributed by atoms with Gasteiger partial charge in [0, 0.05) is 12.8 Å². The number of phosphoric acid groups is 1. The van der Waals surface area contributed by atoms with E-state index in [1.54, 1.807) is 0 Å². The molecule has 0 saturated carbocycles. The summed E-state index contributed by atoms with van der Waals surface area (Å²) >= 11 is 0. The van der Waals surface area contributed by atoms with Crippen LogP contribution >= 0.6 is 7.82 Å². The quantitative estimate of drug-likeness (QED) is 0.0205. The summed E-state index contributed by atoms with van der Waals surface area (Å²) in [6.07, 6.45) is 73.3. The lowest BCUT2D eigenvalue weighted by Gasteiger charge is -2.27. The Bertz CT molecular complexity index is 1420. The van der Waals surface area contributed by atoms with Gasteiger partial charge in [0.25, 0.3) is 0 Å². The first-order chi connectivity index (χ1) is 38.9. The average Bonchev–Trinajstić information content (AvgIpc) is 3.42. The van der Waals surface area contributed by atoms with Crippen LogP contribution in [0.3, 0.4) is 0 Å². The van der Waals surface area contributed by atoms with Crippen molar-refractivity contribution in [1.82, 2.24) is 5.32 Å². The predicted octanol–water partition coefficient (Wildman–Crippen LogP) is 22.1. The molecule has 0 aliphatic carbocycles. The van der Waals surface area contributed by atoms with E-state index in [-0.39, 0.29) is 25.1 Å². The van der Waals surface area contributed by atoms with Crippen LogP contribution in [0, 0.1) is 0 Å². The predicted molar refractivity (Wildman–Crippen MR) is 346 cm³/mol. The summed E-state index contributed by atoms with van der Waals surface area (Å²) in [6.45, 7) is 7.07. The lowest BCUT2D eigenvalue weighted by molar-refractivity contribution is -0.870. The Morgan fingerprint density at radius 3 is 1.06 bits per heavy atom. The van der Waals surface area contributed by atoms with Crippen molar-refractivity contribution in [3.8, 4) is 0 Å². The Hall–Kier alpha value is -1.51. The van der Waals surface area contributed by atoms with Crippen molar-refractivity contribution >= 4 is 19.7 Å². The Balaban J connectivity index is 5.06. The number of carbonyl (C=O) groups is 2. The first kappa shape index (κ1) is 78.5. The fourth-order valence-electron chi connectivity index (χ4n) is 10.7. The van der Waals surface area contributed by atoms with Gasteiger partial charge in [0.05, 0.1) is 33.8 Å². The van der Waals surface area contributed by atoms with E-state index in [0.29, 0.717) is 23.9 Å². The maximum Gasteiger partial charge on any atom is 0.472 e. The zero-order chi connectivity index (χ0) is 58.6. The number of hydrogen-bond donors (Lipinski definition) is 2. The number of rotatable bonds is 65. The van der Waals surface area contributed by atoms with Crippen LogP contribution in [0.25, 0.3) is 0 Å². The summed E-state index contributed by atoms with van der Waals surface area (Å²) in [5, 5.41) is 3.07. The smallest absolute Gasteiger partial charge is 0.456 e. The van der Waals surface area contributed by atoms with E-state index in [0.717, 1.165) is 57.8 Å². The van der Waals surface area contributed by atoms with E-state index in [4.69, 9.17) is 13.8 Å². The molecule has 474 valence electrons. The lowest BCUT2D eigenvalue weighted by Crippen LogP contribution is -2.47. The van der Waals surface area contributed by atoms with Gasteiger partial charge in [0.2, 0.25) is 5.91 Å². The maximum atomic E-state index is 13.6. The van der Waals surface area contributed by atoms with Crippen molar-refractivity contribution in [1.29, 1.82) is 0 Å². The standard InChI is InChI=1S/C70H137N2O7P/c1-7-10-13-16-19-22-25-28-30-32-34-35-36-37-39-41-43-45-48-51-54-57-60-63-70(74)79-68(61-58-55-52-49-46-27-24-21-18-15-12-9-3)67(66-78-80(75,76)77-65-64-72(4,5)6)71-69(73)62-59-56-53-50-47-44-42-40-38-33-31-29-26-23-20-17-14-11-8-2/h29,31,58,61,67-68H,7-28,30,32-57,59-60,62-66H2,1-6H3,(H-,71,73,75,76)/p+1/b31-29+,61-58+. The minimum absolute atomic E-state index is 0.0437. The molecule has 0 aliphatic rings. The minimum Gasteiger partial charge on any atom is -0.456 e.